The first-order valence-corrected chi connectivity index (χ1v) is 9.08. The van der Waals surface area contributed by atoms with Gasteiger partial charge in [-0.05, 0) is 48.4 Å². The number of phenolic OH excluding ortho intramolecular Hbond substituents is 1. The molecular formula is C22H25NO5. The fraction of sp³-hybridized carbons (Fsp3) is 0.364. The van der Waals surface area contributed by atoms with Gasteiger partial charge in [-0.1, -0.05) is 24.8 Å². The molecule has 3 N–H and O–H groups in total. The number of carboxylic acid groups (broad SMARTS) is 1. The molecule has 1 aromatic rings. The van der Waals surface area contributed by atoms with Gasteiger partial charge in [-0.2, -0.15) is 0 Å². The molecule has 28 heavy (non-hydrogen) atoms. The quantitative estimate of drug-likeness (QED) is 0.259. The Kier molecular flexibility index (Phi) is 7.28. The molecule has 1 aromatic carbocycles. The number of ether oxygens (including phenoxy) is 1. The number of hydrogen-bond donors (Lipinski definition) is 3. The highest BCUT2D eigenvalue weighted by Crippen LogP contribution is 2.38. The third-order valence-electron chi connectivity index (χ3n) is 4.72. The number of aromatic hydroxyl groups is 1. The van der Waals surface area contributed by atoms with E-state index < -0.39 is 11.4 Å². The zero-order chi connectivity index (χ0) is 20.6. The van der Waals surface area contributed by atoms with E-state index in [1.165, 1.54) is 0 Å². The van der Waals surface area contributed by atoms with Crippen molar-refractivity contribution in [3.63, 3.8) is 0 Å². The Hall–Kier alpha value is -3.20. The third kappa shape index (κ3) is 5.65. The van der Waals surface area contributed by atoms with E-state index in [0.717, 1.165) is 11.1 Å². The van der Waals surface area contributed by atoms with Crippen LogP contribution in [0.2, 0.25) is 0 Å². The number of aliphatic hydroxyl groups is 1. The van der Waals surface area contributed by atoms with Crippen molar-refractivity contribution in [3.8, 4) is 5.75 Å². The van der Waals surface area contributed by atoms with Crippen molar-refractivity contribution in [2.45, 2.75) is 38.0 Å². The molecule has 0 saturated heterocycles. The minimum Gasteiger partial charge on any atom is -0.508 e. The summed E-state index contributed by atoms with van der Waals surface area (Å²) in [6.45, 7) is 2.47. The zero-order valence-electron chi connectivity index (χ0n) is 16.1. The number of aliphatic hydroxyl groups excluding tert-OH is 1. The van der Waals surface area contributed by atoms with Crippen molar-refractivity contribution in [1.29, 1.82) is 0 Å². The van der Waals surface area contributed by atoms with E-state index in [1.807, 2.05) is 18.2 Å². The summed E-state index contributed by atoms with van der Waals surface area (Å²) in [5, 5.41) is 27.9. The van der Waals surface area contributed by atoms with Crippen molar-refractivity contribution in [2.24, 2.45) is 4.99 Å². The van der Waals surface area contributed by atoms with Gasteiger partial charge >= 0.3 is 5.97 Å². The van der Waals surface area contributed by atoms with Gasteiger partial charge in [0.1, 0.15) is 5.75 Å². The number of carboxylic acids is 1. The monoisotopic (exact) mass is 383 g/mol. The molecule has 1 atom stereocenters. The molecule has 0 fully saturated rings. The lowest BCUT2D eigenvalue weighted by Gasteiger charge is -2.31. The summed E-state index contributed by atoms with van der Waals surface area (Å²) in [6.07, 6.45) is 5.04. The summed E-state index contributed by atoms with van der Waals surface area (Å²) in [6, 6.07) is 7.01. The molecule has 0 amide bonds. The van der Waals surface area contributed by atoms with E-state index in [0.29, 0.717) is 25.3 Å². The van der Waals surface area contributed by atoms with Crippen LogP contribution in [0.25, 0.3) is 0 Å². The molecule has 6 heteroatoms. The second kappa shape index (κ2) is 9.65. The average molecular weight is 383 g/mol. The minimum atomic E-state index is -0.885. The zero-order valence-corrected chi connectivity index (χ0v) is 16.1. The smallest absolute Gasteiger partial charge is 0.303 e. The van der Waals surface area contributed by atoms with Gasteiger partial charge < -0.3 is 20.1 Å². The number of phenols is 1. The van der Waals surface area contributed by atoms with Crippen molar-refractivity contribution in [2.75, 3.05) is 13.7 Å². The second-order valence-corrected chi connectivity index (χ2v) is 6.72. The first-order chi connectivity index (χ1) is 13.3. The van der Waals surface area contributed by atoms with Gasteiger partial charge in [0.2, 0.25) is 0 Å². The van der Waals surface area contributed by atoms with Gasteiger partial charge in [0, 0.05) is 24.5 Å². The van der Waals surface area contributed by atoms with Crippen molar-refractivity contribution >= 4 is 11.9 Å². The lowest BCUT2D eigenvalue weighted by Crippen LogP contribution is -2.25. The fourth-order valence-corrected chi connectivity index (χ4v) is 3.04. The normalized spacial score (nSPS) is 15.6. The van der Waals surface area contributed by atoms with Crippen LogP contribution in [0.1, 0.15) is 38.2 Å². The fourth-order valence-electron chi connectivity index (χ4n) is 3.04. The number of nitrogens with zero attached hydrogens (tertiary/aromatic N) is 1. The van der Waals surface area contributed by atoms with Gasteiger partial charge in [0.05, 0.1) is 13.0 Å². The van der Waals surface area contributed by atoms with Crippen LogP contribution in [0.4, 0.5) is 0 Å². The van der Waals surface area contributed by atoms with Gasteiger partial charge in [-0.3, -0.25) is 9.79 Å². The Morgan fingerprint density at radius 1 is 1.14 bits per heavy atom. The maximum absolute atomic E-state index is 10.7. The van der Waals surface area contributed by atoms with Gasteiger partial charge in [0.15, 0.2) is 11.7 Å². The summed E-state index contributed by atoms with van der Waals surface area (Å²) < 4.78 is 5.64. The lowest BCUT2D eigenvalue weighted by atomic mass is 9.72. The number of rotatable bonds is 9. The highest BCUT2D eigenvalue weighted by molar-refractivity contribution is 5.80. The standard InChI is InChI=1S/C22H25NO5/c1-22(16-4-8-18(24)9-5-16,17-6-10-19(25)11-7-17)14-3-15-28-20(23-2)12-13-21(26)27/h4-6,8-10,24-25H,3,12-15H2,1-2H3,(H,26,27). The molecule has 1 aliphatic rings. The van der Waals surface area contributed by atoms with Crippen molar-refractivity contribution in [1.82, 2.24) is 0 Å². The largest absolute Gasteiger partial charge is 0.508 e. The van der Waals surface area contributed by atoms with Crippen LogP contribution < -0.4 is 0 Å². The summed E-state index contributed by atoms with van der Waals surface area (Å²) in [5.74, 6) is -0.234. The van der Waals surface area contributed by atoms with Crippen LogP contribution in [-0.4, -0.2) is 40.8 Å². The maximum atomic E-state index is 10.7. The van der Waals surface area contributed by atoms with Crippen LogP contribution in [0, 0.1) is 0 Å². The molecule has 1 aliphatic carbocycles. The second-order valence-electron chi connectivity index (χ2n) is 6.72. The Morgan fingerprint density at radius 2 is 1.86 bits per heavy atom. The molecule has 148 valence electrons. The van der Waals surface area contributed by atoms with Crippen LogP contribution in [0.3, 0.4) is 0 Å². The summed E-state index contributed by atoms with van der Waals surface area (Å²) in [5.41, 5.74) is 7.16. The first kappa shape index (κ1) is 21.1. The van der Waals surface area contributed by atoms with E-state index >= 15 is 0 Å². The highest BCUT2D eigenvalue weighted by atomic mass is 16.5. The predicted molar refractivity (Wildman–Crippen MR) is 107 cm³/mol. The average Bonchev–Trinajstić information content (AvgIpc) is 2.68. The molecule has 0 heterocycles. The highest BCUT2D eigenvalue weighted by Gasteiger charge is 2.30. The Labute approximate surface area is 164 Å². The number of aliphatic imine (C=N–C) groups is 1. The van der Waals surface area contributed by atoms with Crippen molar-refractivity contribution in [3.05, 3.63) is 64.8 Å². The van der Waals surface area contributed by atoms with E-state index in [1.54, 1.807) is 25.3 Å². The van der Waals surface area contributed by atoms with Crippen LogP contribution >= 0.6 is 0 Å². The molecule has 2 rings (SSSR count). The Bertz CT molecular complexity index is 869. The van der Waals surface area contributed by atoms with Gasteiger partial charge in [-0.25, -0.2) is 0 Å². The van der Waals surface area contributed by atoms with Gasteiger partial charge in [-0.15, -0.1) is 0 Å². The number of allylic oxidation sites excluding steroid dienone is 3. The molecule has 6 nitrogen and oxygen atoms in total. The molecule has 0 bridgehead atoms. The van der Waals surface area contributed by atoms with Crippen LogP contribution in [0.5, 0.6) is 5.75 Å². The van der Waals surface area contributed by atoms with Crippen molar-refractivity contribution < 1.29 is 24.9 Å². The Balaban J connectivity index is 2.11. The molecule has 0 radical (unpaired) electrons. The van der Waals surface area contributed by atoms with Gasteiger partial charge in [0.25, 0.3) is 0 Å². The topological polar surface area (TPSA) is 99.4 Å². The molecule has 0 spiro atoms. The predicted octanol–water partition coefficient (Wildman–Crippen LogP) is 4.03. The number of aliphatic carboxylic acids is 1. The van der Waals surface area contributed by atoms with Crippen LogP contribution in [0.15, 0.2) is 64.2 Å². The molecular weight excluding hydrogens is 358 g/mol. The SMILES string of the molecule is CN=C(CCC(=O)O)OCCCC(C)(C1=C=C=C(O)C=C1)c1ccc(O)cc1. The summed E-state index contributed by atoms with van der Waals surface area (Å²) in [7, 11) is 1.58. The molecule has 0 aromatic heterocycles. The minimum absolute atomic E-state index is 0.0177. The lowest BCUT2D eigenvalue weighted by molar-refractivity contribution is -0.136. The maximum Gasteiger partial charge on any atom is 0.303 e. The molecule has 1 unspecified atom stereocenters. The summed E-state index contributed by atoms with van der Waals surface area (Å²) >= 11 is 0. The Morgan fingerprint density at radius 3 is 2.43 bits per heavy atom. The van der Waals surface area contributed by atoms with E-state index in [4.69, 9.17) is 9.84 Å². The van der Waals surface area contributed by atoms with E-state index in [-0.39, 0.29) is 24.4 Å². The number of benzene rings is 1. The number of hydrogen-bond acceptors (Lipinski definition) is 5. The third-order valence-corrected chi connectivity index (χ3v) is 4.72. The van der Waals surface area contributed by atoms with E-state index in [2.05, 4.69) is 23.4 Å². The molecule has 0 aliphatic heterocycles. The molecule has 0 saturated carbocycles. The van der Waals surface area contributed by atoms with E-state index in [9.17, 15) is 15.0 Å². The number of carbonyl (C=O) groups is 1. The first-order valence-electron chi connectivity index (χ1n) is 9.08. The van der Waals surface area contributed by atoms with Crippen LogP contribution in [-0.2, 0) is 14.9 Å². The summed E-state index contributed by atoms with van der Waals surface area (Å²) in [4.78, 5) is 14.7.